The fourth-order valence-electron chi connectivity index (χ4n) is 5.86. The van der Waals surface area contributed by atoms with E-state index in [1.807, 2.05) is 0 Å². The Labute approximate surface area is 165 Å². The summed E-state index contributed by atoms with van der Waals surface area (Å²) in [6.07, 6.45) is 5.64. The Kier molecular flexibility index (Phi) is 4.98. The normalized spacial score (nSPS) is 32.4. The minimum absolute atomic E-state index is 0.0385. The Morgan fingerprint density at radius 2 is 1.64 bits per heavy atom. The number of esters is 1. The number of benzene rings is 1. The van der Waals surface area contributed by atoms with Crippen LogP contribution in [0.15, 0.2) is 24.3 Å². The Balaban J connectivity index is 1.43. The van der Waals surface area contributed by atoms with Gasteiger partial charge in [0.2, 0.25) is 0 Å². The highest BCUT2D eigenvalue weighted by Gasteiger charge is 2.50. The number of hydrogen-bond acceptors (Lipinski definition) is 5. The van der Waals surface area contributed by atoms with E-state index in [0.717, 1.165) is 43.1 Å². The predicted molar refractivity (Wildman–Crippen MR) is 103 cm³/mol. The molecule has 6 nitrogen and oxygen atoms in total. The number of rotatable bonds is 5. The van der Waals surface area contributed by atoms with Crippen LogP contribution in [0.2, 0.25) is 0 Å². The number of methoxy groups -OCH3 is 1. The smallest absolute Gasteiger partial charge is 0.408 e. The fraction of sp³-hybridized carbons (Fsp3) is 0.636. The van der Waals surface area contributed by atoms with Gasteiger partial charge in [-0.25, -0.2) is 9.59 Å². The van der Waals surface area contributed by atoms with Crippen LogP contribution in [0.25, 0.3) is 0 Å². The van der Waals surface area contributed by atoms with Crippen molar-refractivity contribution in [1.29, 1.82) is 0 Å². The van der Waals surface area contributed by atoms with Crippen LogP contribution in [0, 0.1) is 23.7 Å². The van der Waals surface area contributed by atoms with Gasteiger partial charge < -0.3 is 19.9 Å². The van der Waals surface area contributed by atoms with Crippen LogP contribution in [0.4, 0.5) is 4.79 Å². The summed E-state index contributed by atoms with van der Waals surface area (Å²) in [5.41, 5.74) is -0.435. The quantitative estimate of drug-likeness (QED) is 0.756. The second kappa shape index (κ2) is 7.30. The summed E-state index contributed by atoms with van der Waals surface area (Å²) >= 11 is 0. The predicted octanol–water partition coefficient (Wildman–Crippen LogP) is 3.42. The number of hydrogen-bond donors (Lipinski definition) is 2. The van der Waals surface area contributed by atoms with Gasteiger partial charge in [0, 0.05) is 6.42 Å². The molecule has 152 valence electrons. The fourth-order valence-corrected chi connectivity index (χ4v) is 5.86. The topological polar surface area (TPSA) is 84.9 Å². The van der Waals surface area contributed by atoms with Crippen molar-refractivity contribution >= 4 is 12.1 Å². The first-order valence-corrected chi connectivity index (χ1v) is 10.2. The molecule has 1 amide bonds. The first-order chi connectivity index (χ1) is 13.4. The van der Waals surface area contributed by atoms with E-state index < -0.39 is 17.6 Å². The zero-order valence-corrected chi connectivity index (χ0v) is 16.5. The van der Waals surface area contributed by atoms with E-state index in [0.29, 0.717) is 11.8 Å². The van der Waals surface area contributed by atoms with Crippen molar-refractivity contribution in [2.45, 2.75) is 57.1 Å². The lowest BCUT2D eigenvalue weighted by atomic mass is 9.55. The molecule has 6 heteroatoms. The lowest BCUT2D eigenvalue weighted by molar-refractivity contribution is -0.148. The maximum atomic E-state index is 12.7. The van der Waals surface area contributed by atoms with Crippen molar-refractivity contribution in [3.63, 3.8) is 0 Å². The van der Waals surface area contributed by atoms with Crippen molar-refractivity contribution in [3.8, 4) is 5.75 Å². The molecule has 4 aliphatic rings. The van der Waals surface area contributed by atoms with Gasteiger partial charge in [0.05, 0.1) is 7.11 Å². The molecule has 0 radical (unpaired) electrons. The summed E-state index contributed by atoms with van der Waals surface area (Å²) in [4.78, 5) is 25.2. The molecule has 4 aliphatic carbocycles. The van der Waals surface area contributed by atoms with Gasteiger partial charge in [-0.3, -0.25) is 0 Å². The van der Waals surface area contributed by atoms with E-state index in [1.54, 1.807) is 31.2 Å². The maximum absolute atomic E-state index is 12.7. The van der Waals surface area contributed by atoms with Crippen LogP contribution in [0.5, 0.6) is 5.75 Å². The van der Waals surface area contributed by atoms with Crippen molar-refractivity contribution in [3.05, 3.63) is 29.8 Å². The molecular weight excluding hydrogens is 358 g/mol. The van der Waals surface area contributed by atoms with Gasteiger partial charge in [-0.05, 0) is 80.4 Å². The summed E-state index contributed by atoms with van der Waals surface area (Å²) in [7, 11) is 1.31. The molecule has 1 unspecified atom stereocenters. The first kappa shape index (κ1) is 19.1. The second-order valence-electron chi connectivity index (χ2n) is 9.09. The molecule has 4 bridgehead atoms. The molecule has 4 saturated carbocycles. The third-order valence-electron chi connectivity index (χ3n) is 6.89. The SMILES string of the molecule is COC(=O)C(C)(Cc1ccc(O)cc1)NC(=O)OC1C2CC3CC(C2)CC1C3. The highest BCUT2D eigenvalue weighted by Crippen LogP contribution is 2.54. The third kappa shape index (κ3) is 3.69. The standard InChI is InChI=1S/C22H29NO5/c1-22(20(25)27-2,12-13-3-5-18(24)6-4-13)23-21(26)28-19-16-8-14-7-15(10-16)11-17(19)9-14/h3-6,14-17,19,24H,7-12H2,1-2H3,(H,23,26). The number of carbonyl (C=O) groups excluding carboxylic acids is 2. The number of phenols is 1. The Bertz CT molecular complexity index is 718. The summed E-state index contributed by atoms with van der Waals surface area (Å²) in [5, 5.41) is 12.2. The maximum Gasteiger partial charge on any atom is 0.408 e. The molecule has 0 aliphatic heterocycles. The van der Waals surface area contributed by atoms with E-state index in [1.165, 1.54) is 13.5 Å². The summed E-state index contributed by atoms with van der Waals surface area (Å²) in [6, 6.07) is 6.56. The van der Waals surface area contributed by atoms with Crippen molar-refractivity contribution in [1.82, 2.24) is 5.32 Å². The van der Waals surface area contributed by atoms with Crippen LogP contribution in [-0.4, -0.2) is 35.9 Å². The average Bonchev–Trinajstić information content (AvgIpc) is 2.65. The van der Waals surface area contributed by atoms with Gasteiger partial charge in [-0.1, -0.05) is 12.1 Å². The molecule has 5 rings (SSSR count). The third-order valence-corrected chi connectivity index (χ3v) is 6.89. The molecular formula is C22H29NO5. The second-order valence-corrected chi connectivity index (χ2v) is 9.09. The number of alkyl carbamates (subject to hydrolysis) is 1. The van der Waals surface area contributed by atoms with E-state index in [2.05, 4.69) is 5.32 Å². The molecule has 0 spiro atoms. The van der Waals surface area contributed by atoms with E-state index >= 15 is 0 Å². The molecule has 0 heterocycles. The Morgan fingerprint density at radius 3 is 2.18 bits per heavy atom. The zero-order valence-electron chi connectivity index (χ0n) is 16.5. The number of phenolic OH excluding ortho intramolecular Hbond substituents is 1. The van der Waals surface area contributed by atoms with Crippen LogP contribution in [0.1, 0.15) is 44.6 Å². The first-order valence-electron chi connectivity index (χ1n) is 10.2. The van der Waals surface area contributed by atoms with Gasteiger partial charge in [0.1, 0.15) is 17.4 Å². The van der Waals surface area contributed by atoms with E-state index in [4.69, 9.17) is 9.47 Å². The minimum atomic E-state index is -1.24. The molecule has 2 N–H and O–H groups in total. The zero-order chi connectivity index (χ0) is 19.9. The Morgan fingerprint density at radius 1 is 1.07 bits per heavy atom. The average molecular weight is 387 g/mol. The molecule has 0 saturated heterocycles. The minimum Gasteiger partial charge on any atom is -0.508 e. The largest absolute Gasteiger partial charge is 0.508 e. The summed E-state index contributed by atoms with van der Waals surface area (Å²) in [6.45, 7) is 1.64. The summed E-state index contributed by atoms with van der Waals surface area (Å²) < 4.78 is 10.8. The van der Waals surface area contributed by atoms with Crippen LogP contribution < -0.4 is 5.32 Å². The monoisotopic (exact) mass is 387 g/mol. The van der Waals surface area contributed by atoms with Crippen molar-refractivity contribution in [2.24, 2.45) is 23.7 Å². The van der Waals surface area contributed by atoms with Crippen molar-refractivity contribution in [2.75, 3.05) is 7.11 Å². The van der Waals surface area contributed by atoms with Gasteiger partial charge in [-0.2, -0.15) is 0 Å². The number of carbonyl (C=O) groups is 2. The lowest BCUT2D eigenvalue weighted by Crippen LogP contribution is -2.57. The lowest BCUT2D eigenvalue weighted by Gasteiger charge is -2.53. The van der Waals surface area contributed by atoms with E-state index in [-0.39, 0.29) is 18.3 Å². The van der Waals surface area contributed by atoms with Gasteiger partial charge >= 0.3 is 12.1 Å². The van der Waals surface area contributed by atoms with Crippen LogP contribution in [0.3, 0.4) is 0 Å². The van der Waals surface area contributed by atoms with Gasteiger partial charge in [0.15, 0.2) is 0 Å². The molecule has 1 aromatic rings. The van der Waals surface area contributed by atoms with E-state index in [9.17, 15) is 14.7 Å². The number of nitrogens with one attached hydrogen (secondary N) is 1. The number of amides is 1. The molecule has 0 aromatic heterocycles. The molecule has 1 aromatic carbocycles. The molecule has 4 fully saturated rings. The van der Waals surface area contributed by atoms with Gasteiger partial charge in [-0.15, -0.1) is 0 Å². The highest BCUT2D eigenvalue weighted by molar-refractivity contribution is 5.85. The summed E-state index contributed by atoms with van der Waals surface area (Å²) in [5.74, 6) is 2.16. The molecule has 28 heavy (non-hydrogen) atoms. The molecule has 1 atom stereocenters. The Hall–Kier alpha value is -2.24. The number of aromatic hydroxyl groups is 1. The van der Waals surface area contributed by atoms with Crippen LogP contribution in [-0.2, 0) is 20.7 Å². The van der Waals surface area contributed by atoms with Gasteiger partial charge in [0.25, 0.3) is 0 Å². The number of ether oxygens (including phenoxy) is 2. The van der Waals surface area contributed by atoms with Crippen LogP contribution >= 0.6 is 0 Å². The van der Waals surface area contributed by atoms with Crippen molar-refractivity contribution < 1.29 is 24.2 Å². The highest BCUT2D eigenvalue weighted by atomic mass is 16.6.